The zero-order chi connectivity index (χ0) is 29.6. The van der Waals surface area contributed by atoms with Crippen LogP contribution < -0.4 is 10.6 Å². The van der Waals surface area contributed by atoms with Gasteiger partial charge in [-0.3, -0.25) is 19.2 Å². The number of hydrogen-bond donors (Lipinski definition) is 3. The number of hydrogen-bond acceptors (Lipinski definition) is 6. The van der Waals surface area contributed by atoms with Crippen molar-refractivity contribution >= 4 is 74.4 Å². The maximum atomic E-state index is 12.9. The highest BCUT2D eigenvalue weighted by molar-refractivity contribution is 7.18. The van der Waals surface area contributed by atoms with E-state index in [1.807, 2.05) is 17.5 Å². The molecule has 0 radical (unpaired) electrons. The van der Waals surface area contributed by atoms with E-state index in [9.17, 15) is 24.3 Å². The van der Waals surface area contributed by atoms with E-state index in [1.54, 1.807) is 11.0 Å². The lowest BCUT2D eigenvalue weighted by Gasteiger charge is -2.33. The molecule has 2 aromatic rings. The monoisotopic (exact) mass is 607 g/mol. The van der Waals surface area contributed by atoms with Crippen LogP contribution in [0.2, 0.25) is 10.0 Å². The van der Waals surface area contributed by atoms with E-state index in [0.717, 1.165) is 10.1 Å². The Labute approximate surface area is 246 Å². The molecule has 3 N–H and O–H groups in total. The number of thiophene rings is 1. The van der Waals surface area contributed by atoms with Crippen LogP contribution in [-0.2, 0) is 23.9 Å². The van der Waals surface area contributed by atoms with Crippen molar-refractivity contribution in [2.45, 2.75) is 50.8 Å². The highest BCUT2D eigenvalue weighted by Crippen LogP contribution is 2.37. The molecule has 3 rings (SSSR count). The summed E-state index contributed by atoms with van der Waals surface area (Å²) in [5.41, 5.74) is -0.769. The molecule has 1 saturated heterocycles. The van der Waals surface area contributed by atoms with E-state index in [2.05, 4.69) is 23.8 Å². The summed E-state index contributed by atoms with van der Waals surface area (Å²) in [5.74, 6) is -2.60. The molecule has 12 heteroatoms. The van der Waals surface area contributed by atoms with Crippen molar-refractivity contribution in [2.75, 3.05) is 13.1 Å². The summed E-state index contributed by atoms with van der Waals surface area (Å²) in [7, 11) is 0. The number of piperidine rings is 1. The summed E-state index contributed by atoms with van der Waals surface area (Å²) in [6.45, 7) is 10.8. The summed E-state index contributed by atoms with van der Waals surface area (Å²) < 4.78 is 6.32. The molecule has 9 nitrogen and oxygen atoms in total. The Hall–Kier alpha value is -3.34. The number of aliphatic carboxylic acids is 1. The lowest BCUT2D eigenvalue weighted by Crippen LogP contribution is -2.56. The van der Waals surface area contributed by atoms with Crippen molar-refractivity contribution in [2.24, 2.45) is 0 Å². The fourth-order valence-electron chi connectivity index (χ4n) is 4.13. The zero-order valence-corrected chi connectivity index (χ0v) is 24.5. The molecule has 1 aromatic heterocycles. The van der Waals surface area contributed by atoms with Crippen LogP contribution in [0.5, 0.6) is 0 Å². The van der Waals surface area contributed by atoms with Gasteiger partial charge in [-0.2, -0.15) is 0 Å². The molecule has 40 heavy (non-hydrogen) atoms. The average Bonchev–Trinajstić information content (AvgIpc) is 3.38. The predicted molar refractivity (Wildman–Crippen MR) is 157 cm³/mol. The summed E-state index contributed by atoms with van der Waals surface area (Å²) in [6, 6.07) is 2.19. The molecule has 1 aliphatic rings. The third-order valence-electron chi connectivity index (χ3n) is 6.37. The van der Waals surface area contributed by atoms with Gasteiger partial charge in [0.25, 0.3) is 5.91 Å². The van der Waals surface area contributed by atoms with Gasteiger partial charge in [0.2, 0.25) is 11.8 Å². The molecule has 1 atom stereocenters. The third kappa shape index (κ3) is 7.87. The highest BCUT2D eigenvalue weighted by atomic mass is 35.5. The van der Waals surface area contributed by atoms with Gasteiger partial charge >= 0.3 is 5.97 Å². The summed E-state index contributed by atoms with van der Waals surface area (Å²) in [6.07, 6.45) is 4.72. The maximum absolute atomic E-state index is 12.9. The van der Waals surface area contributed by atoms with Gasteiger partial charge in [0, 0.05) is 25.2 Å². The Balaban J connectivity index is 1.56. The van der Waals surface area contributed by atoms with E-state index < -0.39 is 35.8 Å². The number of halogens is 2. The van der Waals surface area contributed by atoms with Gasteiger partial charge in [0.15, 0.2) is 5.60 Å². The van der Waals surface area contributed by atoms with E-state index in [1.165, 1.54) is 37.3 Å². The maximum Gasteiger partial charge on any atom is 0.305 e. The topological polar surface area (TPSA) is 125 Å². The second-order valence-corrected chi connectivity index (χ2v) is 11.5. The second-order valence-electron chi connectivity index (χ2n) is 9.78. The molecule has 1 fully saturated rings. The number of carboxylic acids is 1. The van der Waals surface area contributed by atoms with Gasteiger partial charge in [-0.05, 0) is 67.3 Å². The number of rotatable bonds is 11. The molecule has 0 saturated carbocycles. The normalized spacial score (nSPS) is 15.1. The lowest BCUT2D eigenvalue weighted by atomic mass is 10.0. The SMILES string of the molecule is C=CC(=C)OC(C)(C)C(=O)N[C@@H](CC(=O)O)C(=O)NC1CCN(C(=O)/C=C/c2cc3ccsc3c(Cl)c2Cl)CC1. The van der Waals surface area contributed by atoms with Crippen molar-refractivity contribution in [3.05, 3.63) is 64.2 Å². The van der Waals surface area contributed by atoms with Gasteiger partial charge < -0.3 is 25.4 Å². The van der Waals surface area contributed by atoms with Gasteiger partial charge in [-0.25, -0.2) is 0 Å². The van der Waals surface area contributed by atoms with Crippen molar-refractivity contribution < 1.29 is 29.0 Å². The molecule has 0 unspecified atom stereocenters. The number of benzene rings is 1. The van der Waals surface area contributed by atoms with E-state index in [-0.39, 0.29) is 17.7 Å². The molecule has 1 aliphatic heterocycles. The molecule has 0 spiro atoms. The molecule has 0 bridgehead atoms. The van der Waals surface area contributed by atoms with Crippen LogP contribution >= 0.6 is 34.5 Å². The van der Waals surface area contributed by atoms with Crippen LogP contribution in [0.4, 0.5) is 0 Å². The first-order valence-electron chi connectivity index (χ1n) is 12.5. The Kier molecular flexibility index (Phi) is 10.4. The number of likely N-dealkylation sites (tertiary alicyclic amines) is 1. The molecular formula is C28H31Cl2N3O6S. The van der Waals surface area contributed by atoms with Crippen LogP contribution in [0.15, 0.2) is 48.6 Å². The Morgan fingerprint density at radius 2 is 1.93 bits per heavy atom. The Bertz CT molecular complexity index is 1360. The molecular weight excluding hydrogens is 577 g/mol. The molecule has 214 valence electrons. The van der Waals surface area contributed by atoms with Gasteiger partial charge in [0.1, 0.15) is 11.8 Å². The average molecular weight is 609 g/mol. The van der Waals surface area contributed by atoms with Crippen molar-refractivity contribution in [1.29, 1.82) is 0 Å². The quantitative estimate of drug-likeness (QED) is 0.192. The first-order chi connectivity index (χ1) is 18.8. The van der Waals surface area contributed by atoms with Crippen LogP contribution in [0.1, 0.15) is 38.7 Å². The van der Waals surface area contributed by atoms with Gasteiger partial charge in [-0.1, -0.05) is 36.4 Å². The number of amides is 3. The predicted octanol–water partition coefficient (Wildman–Crippen LogP) is 4.78. The summed E-state index contributed by atoms with van der Waals surface area (Å²) in [5, 5.41) is 18.2. The minimum absolute atomic E-state index is 0.158. The van der Waals surface area contributed by atoms with E-state index in [4.69, 9.17) is 27.9 Å². The van der Waals surface area contributed by atoms with E-state index in [0.29, 0.717) is 41.5 Å². The number of carbonyl (C=O) groups is 4. The third-order valence-corrected chi connectivity index (χ3v) is 8.31. The smallest absolute Gasteiger partial charge is 0.305 e. The van der Waals surface area contributed by atoms with E-state index >= 15 is 0 Å². The van der Waals surface area contributed by atoms with Crippen LogP contribution in [-0.4, -0.2) is 64.5 Å². The summed E-state index contributed by atoms with van der Waals surface area (Å²) in [4.78, 5) is 51.5. The van der Waals surface area contributed by atoms with Gasteiger partial charge in [-0.15, -0.1) is 11.3 Å². The van der Waals surface area contributed by atoms with Crippen molar-refractivity contribution in [1.82, 2.24) is 15.5 Å². The lowest BCUT2D eigenvalue weighted by molar-refractivity contribution is -0.144. The molecule has 2 heterocycles. The largest absolute Gasteiger partial charge is 0.481 e. The minimum Gasteiger partial charge on any atom is -0.481 e. The fourth-order valence-corrected chi connectivity index (χ4v) is 5.57. The number of carbonyl (C=O) groups excluding carboxylic acids is 3. The number of nitrogens with zero attached hydrogens (tertiary/aromatic N) is 1. The van der Waals surface area contributed by atoms with Crippen LogP contribution in [0, 0.1) is 0 Å². The first kappa shape index (κ1) is 31.2. The molecule has 3 amide bonds. The molecule has 1 aromatic carbocycles. The first-order valence-corrected chi connectivity index (χ1v) is 14.1. The second kappa shape index (κ2) is 13.3. The number of ether oxygens (including phenoxy) is 1. The minimum atomic E-state index is -1.41. The van der Waals surface area contributed by atoms with Crippen LogP contribution in [0.25, 0.3) is 16.2 Å². The molecule has 0 aliphatic carbocycles. The van der Waals surface area contributed by atoms with Gasteiger partial charge in [0.05, 0.1) is 21.2 Å². The number of fused-ring (bicyclic) bond motifs is 1. The van der Waals surface area contributed by atoms with Crippen LogP contribution in [0.3, 0.4) is 0 Å². The Morgan fingerprint density at radius 3 is 2.55 bits per heavy atom. The summed E-state index contributed by atoms with van der Waals surface area (Å²) >= 11 is 14.2. The zero-order valence-electron chi connectivity index (χ0n) is 22.2. The standard InChI is InChI=1S/C28H31Cl2N3O6S/c1-5-16(2)39-28(3,4)27(38)32-20(15-22(35)36)26(37)31-19-8-11-33(12-9-19)21(34)7-6-17-14-18-10-13-40-25(18)24(30)23(17)29/h5-7,10,13-14,19-20H,1-2,8-9,11-12,15H2,3-4H3,(H,31,37)(H,32,38)(H,35,36)/b7-6+/t20-/m0/s1. The van der Waals surface area contributed by atoms with Crippen molar-refractivity contribution in [3.63, 3.8) is 0 Å². The number of carboxylic acid groups (broad SMARTS) is 1. The fraction of sp³-hybridized carbons (Fsp3) is 0.357. The number of nitrogens with one attached hydrogen (secondary N) is 2. The number of allylic oxidation sites excluding steroid dienone is 1. The van der Waals surface area contributed by atoms with Crippen molar-refractivity contribution in [3.8, 4) is 0 Å². The Morgan fingerprint density at radius 1 is 1.25 bits per heavy atom. The highest BCUT2D eigenvalue weighted by Gasteiger charge is 2.35.